The third-order valence-electron chi connectivity index (χ3n) is 0.158. The van der Waals surface area contributed by atoms with E-state index in [1.165, 1.54) is 4.99 Å². The van der Waals surface area contributed by atoms with Crippen LogP contribution >= 0.6 is 15.9 Å². The van der Waals surface area contributed by atoms with E-state index in [1.54, 1.807) is 6.92 Å². The van der Waals surface area contributed by atoms with E-state index in [9.17, 15) is 0 Å². The molecule has 0 aliphatic heterocycles. The van der Waals surface area contributed by atoms with E-state index in [0.29, 0.717) is 5.76 Å². The number of aliphatic hydroxyl groups excluding tert-OH is 1. The van der Waals surface area contributed by atoms with Crippen LogP contribution in [0.15, 0.2) is 10.7 Å². The van der Waals surface area contributed by atoms with Gasteiger partial charge in [-0.15, -0.1) is 0 Å². The topological polar surface area (TPSA) is 20.2 Å². The van der Waals surface area contributed by atoms with E-state index in [-0.39, 0.29) is 0 Å². The first-order chi connectivity index (χ1) is 2.27. The third-order valence-corrected chi connectivity index (χ3v) is 0.820. The first-order valence-electron chi connectivity index (χ1n) is 1.23. The third kappa shape index (κ3) is 4.02. The monoisotopic (exact) mass is 136 g/mol. The molecule has 0 fully saturated rings. The molecule has 0 spiro atoms. The first-order valence-corrected chi connectivity index (χ1v) is 2.15. The minimum Gasteiger partial charge on any atom is -0.512 e. The zero-order chi connectivity index (χ0) is 4.28. The van der Waals surface area contributed by atoms with Crippen LogP contribution in [0.4, 0.5) is 0 Å². The molecular weight excluding hydrogens is 132 g/mol. The first kappa shape index (κ1) is 5.02. The molecule has 1 nitrogen and oxygen atoms in total. The molecule has 0 heterocycles. The number of hydrogen-bond acceptors (Lipinski definition) is 1. The molecular formula is C3H5BrO. The van der Waals surface area contributed by atoms with Gasteiger partial charge in [0, 0.05) is 4.99 Å². The molecule has 0 atom stereocenters. The predicted molar refractivity (Wildman–Crippen MR) is 25.3 cm³/mol. The number of hydrogen-bond donors (Lipinski definition) is 1. The van der Waals surface area contributed by atoms with E-state index < -0.39 is 0 Å². The van der Waals surface area contributed by atoms with Gasteiger partial charge in [-0.1, -0.05) is 15.9 Å². The molecule has 0 rings (SSSR count). The fourth-order valence-corrected chi connectivity index (χ4v) is 0. The molecule has 0 aromatic heterocycles. The fourth-order valence-electron chi connectivity index (χ4n) is 0. The van der Waals surface area contributed by atoms with E-state index in [2.05, 4.69) is 15.9 Å². The summed E-state index contributed by atoms with van der Waals surface area (Å²) >= 11 is 2.90. The Morgan fingerprint density at radius 2 is 2.20 bits per heavy atom. The lowest BCUT2D eigenvalue weighted by atomic mass is 10.7. The molecule has 0 aliphatic carbocycles. The molecule has 0 saturated carbocycles. The van der Waals surface area contributed by atoms with Crippen molar-refractivity contribution >= 4 is 15.9 Å². The highest BCUT2D eigenvalue weighted by Crippen LogP contribution is 1.87. The summed E-state index contributed by atoms with van der Waals surface area (Å²) in [6.07, 6.45) is 0. The Morgan fingerprint density at radius 1 is 2.00 bits per heavy atom. The zero-order valence-electron chi connectivity index (χ0n) is 2.90. The summed E-state index contributed by atoms with van der Waals surface area (Å²) in [7, 11) is 0. The van der Waals surface area contributed by atoms with Gasteiger partial charge < -0.3 is 5.11 Å². The second kappa shape index (κ2) is 2.27. The Kier molecular flexibility index (Phi) is 2.28. The summed E-state index contributed by atoms with van der Waals surface area (Å²) in [5.74, 6) is 0.296. The van der Waals surface area contributed by atoms with Crippen LogP contribution in [-0.2, 0) is 0 Å². The minimum atomic E-state index is 0.296. The Labute approximate surface area is 39.4 Å². The van der Waals surface area contributed by atoms with Crippen LogP contribution in [0.25, 0.3) is 0 Å². The van der Waals surface area contributed by atoms with Crippen molar-refractivity contribution in [1.82, 2.24) is 0 Å². The van der Waals surface area contributed by atoms with Crippen molar-refractivity contribution in [1.29, 1.82) is 0 Å². The van der Waals surface area contributed by atoms with E-state index in [1.807, 2.05) is 0 Å². The number of rotatable bonds is 0. The maximum Gasteiger partial charge on any atom is 0.0960 e. The molecule has 1 N–H and O–H groups in total. The quantitative estimate of drug-likeness (QED) is 0.504. The van der Waals surface area contributed by atoms with Gasteiger partial charge in [-0.2, -0.15) is 0 Å². The highest BCUT2D eigenvalue weighted by Gasteiger charge is 1.65. The fraction of sp³-hybridized carbons (Fsp3) is 0.333. The molecule has 5 heavy (non-hydrogen) atoms. The Balaban J connectivity index is 3.14. The summed E-state index contributed by atoms with van der Waals surface area (Å²) in [5, 5.41) is 8.18. The van der Waals surface area contributed by atoms with Crippen LogP contribution in [0, 0.1) is 0 Å². The van der Waals surface area contributed by atoms with Gasteiger partial charge in [0.15, 0.2) is 0 Å². The summed E-state index contributed by atoms with van der Waals surface area (Å²) in [5.41, 5.74) is 0. The summed E-state index contributed by atoms with van der Waals surface area (Å²) in [6.45, 7) is 1.59. The standard InChI is InChI=1S/C3H5BrO/c1-3(5)2-4/h2,5H,1H3. The van der Waals surface area contributed by atoms with E-state index >= 15 is 0 Å². The number of aliphatic hydroxyl groups is 1. The Morgan fingerprint density at radius 3 is 2.20 bits per heavy atom. The van der Waals surface area contributed by atoms with Gasteiger partial charge in [0.2, 0.25) is 0 Å². The minimum absolute atomic E-state index is 0.296. The Hall–Kier alpha value is 0.0200. The van der Waals surface area contributed by atoms with Crippen LogP contribution < -0.4 is 0 Å². The molecule has 0 saturated heterocycles. The molecule has 2 heteroatoms. The largest absolute Gasteiger partial charge is 0.512 e. The van der Waals surface area contributed by atoms with Gasteiger partial charge in [0.25, 0.3) is 0 Å². The maximum absolute atomic E-state index is 8.18. The van der Waals surface area contributed by atoms with Crippen molar-refractivity contribution in [3.05, 3.63) is 10.7 Å². The lowest BCUT2D eigenvalue weighted by molar-refractivity contribution is 0.416. The van der Waals surface area contributed by atoms with Crippen molar-refractivity contribution in [2.24, 2.45) is 0 Å². The van der Waals surface area contributed by atoms with Crippen LogP contribution in [0.5, 0.6) is 0 Å². The van der Waals surface area contributed by atoms with E-state index in [0.717, 1.165) is 0 Å². The molecule has 0 bridgehead atoms. The molecule has 0 unspecified atom stereocenters. The molecule has 0 radical (unpaired) electrons. The van der Waals surface area contributed by atoms with E-state index in [4.69, 9.17) is 5.11 Å². The summed E-state index contributed by atoms with van der Waals surface area (Å²) < 4.78 is 0. The SMILES string of the molecule is CC(O)=CBr. The van der Waals surface area contributed by atoms with Crippen molar-refractivity contribution in [2.75, 3.05) is 0 Å². The lowest BCUT2D eigenvalue weighted by Gasteiger charge is -1.73. The summed E-state index contributed by atoms with van der Waals surface area (Å²) in [4.78, 5) is 1.45. The van der Waals surface area contributed by atoms with Gasteiger partial charge in [-0.3, -0.25) is 0 Å². The highest BCUT2D eigenvalue weighted by molar-refractivity contribution is 9.11. The molecule has 30 valence electrons. The molecule has 0 amide bonds. The van der Waals surface area contributed by atoms with Crippen LogP contribution in [0.2, 0.25) is 0 Å². The number of halogens is 1. The van der Waals surface area contributed by atoms with Crippen LogP contribution in [-0.4, -0.2) is 5.11 Å². The van der Waals surface area contributed by atoms with Crippen molar-refractivity contribution in [3.63, 3.8) is 0 Å². The molecule has 0 aromatic rings. The lowest BCUT2D eigenvalue weighted by Crippen LogP contribution is -1.58. The van der Waals surface area contributed by atoms with Crippen molar-refractivity contribution in [3.8, 4) is 0 Å². The van der Waals surface area contributed by atoms with Gasteiger partial charge in [0.05, 0.1) is 5.76 Å². The van der Waals surface area contributed by atoms with Crippen LogP contribution in [0.3, 0.4) is 0 Å². The molecule has 0 aromatic carbocycles. The normalized spacial score (nSPS) is 12.0. The zero-order valence-corrected chi connectivity index (χ0v) is 4.49. The maximum atomic E-state index is 8.18. The van der Waals surface area contributed by atoms with Gasteiger partial charge in [-0.05, 0) is 6.92 Å². The average molecular weight is 137 g/mol. The van der Waals surface area contributed by atoms with Gasteiger partial charge in [0.1, 0.15) is 0 Å². The molecule has 0 aliphatic rings. The van der Waals surface area contributed by atoms with Crippen molar-refractivity contribution < 1.29 is 5.11 Å². The number of allylic oxidation sites excluding steroid dienone is 1. The highest BCUT2D eigenvalue weighted by atomic mass is 79.9. The van der Waals surface area contributed by atoms with Crippen molar-refractivity contribution in [2.45, 2.75) is 6.92 Å². The second-order valence-electron chi connectivity index (χ2n) is 0.750. The Bertz CT molecular complexity index is 44.9. The second-order valence-corrected chi connectivity index (χ2v) is 1.21. The summed E-state index contributed by atoms with van der Waals surface area (Å²) in [6, 6.07) is 0. The predicted octanol–water partition coefficient (Wildman–Crippen LogP) is 1.80. The van der Waals surface area contributed by atoms with Gasteiger partial charge in [-0.25, -0.2) is 0 Å². The average Bonchev–Trinajstić information content (AvgIpc) is 1.38. The van der Waals surface area contributed by atoms with Gasteiger partial charge >= 0.3 is 0 Å². The smallest absolute Gasteiger partial charge is 0.0960 e. The van der Waals surface area contributed by atoms with Crippen LogP contribution in [0.1, 0.15) is 6.92 Å².